The van der Waals surface area contributed by atoms with E-state index in [0.717, 1.165) is 23.1 Å². The van der Waals surface area contributed by atoms with Gasteiger partial charge in [-0.3, -0.25) is 14.4 Å². The summed E-state index contributed by atoms with van der Waals surface area (Å²) in [5.74, 6) is -5.27. The molecule has 1 aliphatic rings. The van der Waals surface area contributed by atoms with Crippen molar-refractivity contribution in [2.24, 2.45) is 0 Å². The van der Waals surface area contributed by atoms with Crippen LogP contribution in [0, 0.1) is 28.8 Å². The van der Waals surface area contributed by atoms with Gasteiger partial charge in [-0.1, -0.05) is 24.3 Å². The number of carboxylic acids is 1. The Morgan fingerprint density at radius 2 is 1.87 bits per heavy atom. The van der Waals surface area contributed by atoms with Crippen LogP contribution in [0.3, 0.4) is 0 Å². The highest BCUT2D eigenvalue weighted by atomic mass is 32.2. The molecule has 1 amide bonds. The molecule has 2 heterocycles. The second-order valence-corrected chi connectivity index (χ2v) is 13.6. The highest BCUT2D eigenvalue weighted by molar-refractivity contribution is 8.00. The summed E-state index contributed by atoms with van der Waals surface area (Å²) in [5, 5.41) is 20.6. The Morgan fingerprint density at radius 3 is 2.53 bits per heavy atom. The van der Waals surface area contributed by atoms with Gasteiger partial charge in [0.05, 0.1) is 43.1 Å². The highest BCUT2D eigenvalue weighted by Crippen LogP contribution is 2.42. The molecular formula is C36H36F3N5O10S. The van der Waals surface area contributed by atoms with Crippen LogP contribution in [0.2, 0.25) is 0 Å². The van der Waals surface area contributed by atoms with Gasteiger partial charge in [0.1, 0.15) is 36.7 Å². The maximum absolute atomic E-state index is 15.6. The molecule has 2 atom stereocenters. The van der Waals surface area contributed by atoms with E-state index >= 15 is 4.39 Å². The molecule has 3 aromatic rings. The lowest BCUT2D eigenvalue weighted by Crippen LogP contribution is -2.47. The van der Waals surface area contributed by atoms with E-state index in [1.807, 2.05) is 6.07 Å². The van der Waals surface area contributed by atoms with Gasteiger partial charge in [-0.05, 0) is 37.3 Å². The summed E-state index contributed by atoms with van der Waals surface area (Å²) in [4.78, 5) is 53.0. The zero-order chi connectivity index (χ0) is 40.0. The lowest BCUT2D eigenvalue weighted by molar-refractivity contribution is -0.156. The SMILES string of the molecule is CC(SC1COC(/C=C/C=C/c2ccc(C#N)cc2F)OC1)C(Cn1cncn1)(OC(=O)OCOC(=O)CCC(=O)N(C)CC(=O)O)c1ccc(F)cc1F. The zero-order valence-electron chi connectivity index (χ0n) is 29.5. The van der Waals surface area contributed by atoms with E-state index in [1.54, 1.807) is 25.2 Å². The summed E-state index contributed by atoms with van der Waals surface area (Å²) in [6.07, 6.45) is 5.86. The van der Waals surface area contributed by atoms with Crippen molar-refractivity contribution in [1.29, 1.82) is 5.26 Å². The number of rotatable bonds is 17. The lowest BCUT2D eigenvalue weighted by atomic mass is 9.89. The van der Waals surface area contributed by atoms with E-state index in [4.69, 9.17) is 34.1 Å². The molecule has 0 aliphatic carbocycles. The Hall–Kier alpha value is -5.71. The fourth-order valence-electron chi connectivity index (χ4n) is 5.21. The number of carboxylic acid groups (broad SMARTS) is 1. The molecule has 292 valence electrons. The summed E-state index contributed by atoms with van der Waals surface area (Å²) in [6.45, 7) is 0.0801. The Labute approximate surface area is 317 Å². The molecule has 0 bridgehead atoms. The Kier molecular flexibility index (Phi) is 15.4. The molecule has 2 unspecified atom stereocenters. The number of aromatic nitrogens is 3. The maximum Gasteiger partial charge on any atom is 0.512 e. The largest absolute Gasteiger partial charge is 0.512 e. The predicted molar refractivity (Wildman–Crippen MR) is 187 cm³/mol. The monoisotopic (exact) mass is 787 g/mol. The van der Waals surface area contributed by atoms with Crippen LogP contribution < -0.4 is 0 Å². The highest BCUT2D eigenvalue weighted by Gasteiger charge is 2.47. The average Bonchev–Trinajstić information content (AvgIpc) is 3.65. The van der Waals surface area contributed by atoms with Crippen LogP contribution in [0.5, 0.6) is 0 Å². The quantitative estimate of drug-likeness (QED) is 0.114. The minimum atomic E-state index is -1.94. The van der Waals surface area contributed by atoms with Crippen molar-refractivity contribution in [2.45, 2.75) is 48.7 Å². The molecule has 55 heavy (non-hydrogen) atoms. The number of aliphatic carboxylic acids is 1. The van der Waals surface area contributed by atoms with E-state index in [9.17, 15) is 28.0 Å². The van der Waals surface area contributed by atoms with Crippen molar-refractivity contribution >= 4 is 41.8 Å². The topological polar surface area (TPSA) is 192 Å². The number of nitriles is 1. The molecule has 1 N–H and O–H groups in total. The number of likely N-dealkylation sites (N-methyl/N-ethyl adjacent to an activating group) is 1. The Balaban J connectivity index is 1.43. The van der Waals surface area contributed by atoms with Crippen LogP contribution in [-0.2, 0) is 50.2 Å². The minimum absolute atomic E-state index is 0.137. The third kappa shape index (κ3) is 12.4. The summed E-state index contributed by atoms with van der Waals surface area (Å²) < 4.78 is 72.5. The van der Waals surface area contributed by atoms with E-state index < -0.39 is 78.4 Å². The smallest absolute Gasteiger partial charge is 0.480 e. The molecule has 1 aromatic heterocycles. The first-order valence-corrected chi connectivity index (χ1v) is 17.4. The summed E-state index contributed by atoms with van der Waals surface area (Å²) in [5.41, 5.74) is -1.69. The molecular weight excluding hydrogens is 751 g/mol. The van der Waals surface area contributed by atoms with Crippen molar-refractivity contribution in [3.8, 4) is 6.07 Å². The number of hydrogen-bond donors (Lipinski definition) is 1. The van der Waals surface area contributed by atoms with Gasteiger partial charge in [-0.2, -0.15) is 10.4 Å². The number of carbonyl (C=O) groups is 4. The molecule has 4 rings (SSSR count). The van der Waals surface area contributed by atoms with E-state index in [1.165, 1.54) is 54.4 Å². The van der Waals surface area contributed by atoms with Gasteiger partial charge in [0.2, 0.25) is 12.7 Å². The summed E-state index contributed by atoms with van der Waals surface area (Å²) >= 11 is 1.21. The van der Waals surface area contributed by atoms with Crippen LogP contribution in [0.25, 0.3) is 6.08 Å². The first-order valence-electron chi connectivity index (χ1n) is 16.5. The Morgan fingerprint density at radius 1 is 1.11 bits per heavy atom. The first-order chi connectivity index (χ1) is 26.3. The number of thioether (sulfide) groups is 1. The van der Waals surface area contributed by atoms with E-state index in [0.29, 0.717) is 6.07 Å². The number of ether oxygens (including phenoxy) is 5. The van der Waals surface area contributed by atoms with Gasteiger partial charge in [0.25, 0.3) is 0 Å². The minimum Gasteiger partial charge on any atom is -0.480 e. The van der Waals surface area contributed by atoms with Crippen LogP contribution in [0.1, 0.15) is 36.5 Å². The van der Waals surface area contributed by atoms with Crippen molar-refractivity contribution in [2.75, 3.05) is 33.6 Å². The van der Waals surface area contributed by atoms with Crippen LogP contribution in [0.15, 0.2) is 67.3 Å². The third-order valence-electron chi connectivity index (χ3n) is 7.98. The van der Waals surface area contributed by atoms with Gasteiger partial charge in [0.15, 0.2) is 11.9 Å². The molecule has 1 fully saturated rings. The number of carbonyl (C=O) groups excluding carboxylic acids is 3. The molecule has 1 aliphatic heterocycles. The predicted octanol–water partition coefficient (Wildman–Crippen LogP) is 4.57. The van der Waals surface area contributed by atoms with Gasteiger partial charge in [-0.25, -0.2) is 27.6 Å². The van der Waals surface area contributed by atoms with Crippen molar-refractivity contribution in [3.05, 3.63) is 101 Å². The average molecular weight is 788 g/mol. The number of halogens is 3. The van der Waals surface area contributed by atoms with Gasteiger partial charge in [0, 0.05) is 35.9 Å². The maximum atomic E-state index is 15.6. The second-order valence-electron chi connectivity index (χ2n) is 11.9. The number of benzene rings is 2. The molecule has 15 nitrogen and oxygen atoms in total. The zero-order valence-corrected chi connectivity index (χ0v) is 30.3. The molecule has 0 spiro atoms. The standard InChI is InChI=1S/C36H36F3N5O10S/c1-23(55-27-17-50-34(51-18-27)6-4-3-5-25-8-7-24(15-40)13-29(25)38)36(19-44-21-41-20-42-44,28-10-9-26(37)14-30(28)39)54-35(49)53-22-52-33(48)12-11-31(45)43(2)16-32(46)47/h3-10,13-14,20-21,23,27,34H,11-12,16-19,22H2,1-2H3,(H,46,47)/b5-3+,6-4+. The third-order valence-corrected chi connectivity index (χ3v) is 9.43. The molecule has 0 radical (unpaired) electrons. The van der Waals surface area contributed by atoms with Crippen LogP contribution in [-0.4, -0.2) is 99.2 Å². The molecule has 2 aromatic carbocycles. The van der Waals surface area contributed by atoms with Crippen molar-refractivity contribution in [1.82, 2.24) is 19.7 Å². The second kappa shape index (κ2) is 20.1. The van der Waals surface area contributed by atoms with Gasteiger partial charge >= 0.3 is 18.1 Å². The number of esters is 1. The van der Waals surface area contributed by atoms with Crippen LogP contribution >= 0.6 is 11.8 Å². The molecule has 1 saturated heterocycles. The number of amides is 1. The number of allylic oxidation sites excluding steroid dienone is 2. The number of hydrogen-bond acceptors (Lipinski definition) is 13. The normalized spacial score (nSPS) is 17.2. The summed E-state index contributed by atoms with van der Waals surface area (Å²) in [7, 11) is 1.25. The van der Waals surface area contributed by atoms with Crippen molar-refractivity contribution < 1.29 is 61.1 Å². The number of nitrogens with zero attached hydrogens (tertiary/aromatic N) is 5. The van der Waals surface area contributed by atoms with E-state index in [-0.39, 0.29) is 48.1 Å². The lowest BCUT2D eigenvalue weighted by Gasteiger charge is -2.40. The molecule has 0 saturated carbocycles. The Bertz CT molecular complexity index is 1920. The van der Waals surface area contributed by atoms with Gasteiger partial charge in [-0.15, -0.1) is 11.8 Å². The van der Waals surface area contributed by atoms with Crippen LogP contribution in [0.4, 0.5) is 18.0 Å². The summed E-state index contributed by atoms with van der Waals surface area (Å²) in [6, 6.07) is 8.72. The molecule has 19 heteroatoms. The van der Waals surface area contributed by atoms with E-state index in [2.05, 4.69) is 10.1 Å². The fraction of sp³-hybridized carbons (Fsp3) is 0.361. The fourth-order valence-corrected chi connectivity index (χ4v) is 6.57. The first kappa shape index (κ1) is 42.0. The van der Waals surface area contributed by atoms with Gasteiger partial charge < -0.3 is 33.7 Å². The van der Waals surface area contributed by atoms with Crippen molar-refractivity contribution in [3.63, 3.8) is 0 Å².